The minimum atomic E-state index is -1.60. The second-order valence-electron chi connectivity index (χ2n) is 8.00. The highest BCUT2D eigenvalue weighted by Crippen LogP contribution is 2.39. The topological polar surface area (TPSA) is 118 Å². The van der Waals surface area contributed by atoms with Crippen LogP contribution >= 0.6 is 0 Å². The third kappa shape index (κ3) is 3.42. The number of rotatable bonds is 3. The molecule has 3 N–H and O–H groups in total. The van der Waals surface area contributed by atoms with E-state index in [-0.39, 0.29) is 29.3 Å². The van der Waals surface area contributed by atoms with Crippen molar-refractivity contribution in [3.8, 4) is 5.75 Å². The summed E-state index contributed by atoms with van der Waals surface area (Å²) in [7, 11) is 0. The number of halogens is 1. The summed E-state index contributed by atoms with van der Waals surface area (Å²) < 4.78 is 21.5. The Morgan fingerprint density at radius 1 is 1.20 bits per heavy atom. The summed E-state index contributed by atoms with van der Waals surface area (Å²) in [5.41, 5.74) is 5.64. The second-order valence-corrected chi connectivity index (χ2v) is 8.00. The van der Waals surface area contributed by atoms with E-state index in [1.807, 2.05) is 18.7 Å². The molecule has 2 heterocycles. The van der Waals surface area contributed by atoms with Gasteiger partial charge in [0.1, 0.15) is 5.82 Å². The number of carbonyl (C=O) groups is 2. The lowest BCUT2D eigenvalue weighted by Crippen LogP contribution is -2.60. The molecule has 2 atom stereocenters. The van der Waals surface area contributed by atoms with Crippen molar-refractivity contribution in [2.75, 3.05) is 18.0 Å². The monoisotopic (exact) mass is 418 g/mol. The third-order valence-electron chi connectivity index (χ3n) is 5.72. The lowest BCUT2D eigenvalue weighted by molar-refractivity contribution is 0.143. The Hall–Kier alpha value is -3.30. The fourth-order valence-electron chi connectivity index (χ4n) is 4.35. The summed E-state index contributed by atoms with van der Waals surface area (Å²) in [6, 6.07) is 1.93. The average Bonchev–Trinajstić information content (AvgIpc) is 3.47. The van der Waals surface area contributed by atoms with E-state index in [0.29, 0.717) is 24.3 Å². The molecule has 2 aromatic rings. The van der Waals surface area contributed by atoms with Crippen LogP contribution in [0.2, 0.25) is 0 Å². The van der Waals surface area contributed by atoms with Crippen LogP contribution in [0.3, 0.4) is 0 Å². The van der Waals surface area contributed by atoms with Crippen molar-refractivity contribution in [3.05, 3.63) is 34.4 Å². The third-order valence-corrected chi connectivity index (χ3v) is 5.72. The molecule has 0 spiro atoms. The highest BCUT2D eigenvalue weighted by Gasteiger charge is 2.33. The van der Waals surface area contributed by atoms with Gasteiger partial charge in [-0.25, -0.2) is 14.0 Å². The van der Waals surface area contributed by atoms with Gasteiger partial charge in [-0.15, -0.1) is 0 Å². The maximum Gasteiger partial charge on any atom is 0.511 e. The lowest BCUT2D eigenvalue weighted by atomic mass is 10.1. The first kappa shape index (κ1) is 20.0. The molecule has 1 aliphatic carbocycles. The summed E-state index contributed by atoms with van der Waals surface area (Å²) >= 11 is 0. The Morgan fingerprint density at radius 2 is 1.83 bits per heavy atom. The number of carbonyl (C=O) groups excluding carboxylic acids is 1. The van der Waals surface area contributed by atoms with E-state index in [4.69, 9.17) is 10.8 Å². The van der Waals surface area contributed by atoms with Crippen LogP contribution < -0.4 is 20.8 Å². The normalized spacial score (nSPS) is 21.7. The van der Waals surface area contributed by atoms with Gasteiger partial charge in [-0.05, 0) is 38.8 Å². The van der Waals surface area contributed by atoms with Crippen molar-refractivity contribution >= 4 is 28.8 Å². The first-order valence-electron chi connectivity index (χ1n) is 9.79. The molecule has 1 aromatic heterocycles. The smallest absolute Gasteiger partial charge is 0.449 e. The van der Waals surface area contributed by atoms with Gasteiger partial charge in [0.15, 0.2) is 5.75 Å². The lowest BCUT2D eigenvalue weighted by Gasteiger charge is -2.44. The van der Waals surface area contributed by atoms with Crippen LogP contribution in [0.1, 0.15) is 32.7 Å². The number of ether oxygens (including phenoxy) is 1. The molecule has 2 aliphatic rings. The number of amides is 2. The maximum absolute atomic E-state index is 15.1. The Bertz CT molecular complexity index is 1080. The van der Waals surface area contributed by atoms with E-state index in [0.717, 1.165) is 18.9 Å². The van der Waals surface area contributed by atoms with Crippen molar-refractivity contribution in [2.24, 2.45) is 5.73 Å². The largest absolute Gasteiger partial charge is 0.511 e. The molecular formula is C20H23FN4O5. The summed E-state index contributed by atoms with van der Waals surface area (Å²) in [4.78, 5) is 38.7. The molecule has 10 heteroatoms. The Morgan fingerprint density at radius 3 is 2.37 bits per heavy atom. The molecule has 160 valence electrons. The molecule has 4 rings (SSSR count). The van der Waals surface area contributed by atoms with Crippen molar-refractivity contribution in [1.29, 1.82) is 0 Å². The quantitative estimate of drug-likeness (QED) is 0.740. The molecule has 1 saturated heterocycles. The van der Waals surface area contributed by atoms with Gasteiger partial charge >= 0.3 is 12.2 Å². The van der Waals surface area contributed by atoms with E-state index in [1.54, 1.807) is 15.5 Å². The number of carboxylic acid groups (broad SMARTS) is 1. The predicted molar refractivity (Wildman–Crippen MR) is 108 cm³/mol. The number of primary amides is 1. The molecule has 1 aromatic carbocycles. The predicted octanol–water partition coefficient (Wildman–Crippen LogP) is 2.51. The van der Waals surface area contributed by atoms with Gasteiger partial charge in [-0.2, -0.15) is 0 Å². The minimum absolute atomic E-state index is 0.0683. The fraction of sp³-hybridized carbons (Fsp3) is 0.450. The van der Waals surface area contributed by atoms with Crippen LogP contribution in [0.15, 0.2) is 23.1 Å². The number of fused-ring (bicyclic) bond motifs is 1. The van der Waals surface area contributed by atoms with Crippen molar-refractivity contribution < 1.29 is 23.8 Å². The molecule has 0 bridgehead atoms. The molecule has 0 radical (unpaired) electrons. The molecule has 2 fully saturated rings. The number of nitrogens with zero attached hydrogens (tertiary/aromatic N) is 3. The number of aromatic nitrogens is 1. The zero-order valence-corrected chi connectivity index (χ0v) is 16.7. The van der Waals surface area contributed by atoms with Crippen molar-refractivity contribution in [1.82, 2.24) is 9.47 Å². The molecule has 1 aliphatic heterocycles. The van der Waals surface area contributed by atoms with Crippen LogP contribution in [0.25, 0.3) is 10.9 Å². The highest BCUT2D eigenvalue weighted by molar-refractivity contribution is 5.85. The van der Waals surface area contributed by atoms with E-state index in [9.17, 15) is 14.4 Å². The van der Waals surface area contributed by atoms with Gasteiger partial charge in [-0.1, -0.05) is 0 Å². The first-order chi connectivity index (χ1) is 14.2. The summed E-state index contributed by atoms with van der Waals surface area (Å²) in [5, 5.41) is 8.97. The van der Waals surface area contributed by atoms with Gasteiger partial charge in [0.05, 0.1) is 22.8 Å². The van der Waals surface area contributed by atoms with Crippen LogP contribution in [-0.2, 0) is 0 Å². The van der Waals surface area contributed by atoms with Crippen LogP contribution in [0.4, 0.5) is 19.7 Å². The van der Waals surface area contributed by atoms with Crippen LogP contribution in [0.5, 0.6) is 5.75 Å². The highest BCUT2D eigenvalue weighted by atomic mass is 19.1. The number of hydrogen-bond donors (Lipinski definition) is 2. The van der Waals surface area contributed by atoms with Gasteiger partial charge in [0.25, 0.3) is 0 Å². The molecule has 2 unspecified atom stereocenters. The summed E-state index contributed by atoms with van der Waals surface area (Å²) in [6.07, 6.45) is 1.54. The number of hydrogen-bond acceptors (Lipinski definition) is 5. The number of piperazine rings is 1. The average molecular weight is 418 g/mol. The Balaban J connectivity index is 1.80. The standard InChI is InChI=1S/C20H23FN4O5/c1-10-7-23(8-11(2)25(10)19(22)27)16-6-15-13(5-14(16)21)18(26)17(30-20(28)29)9-24(15)12-3-4-12/h5-6,9-12H,3-4,7-8H2,1-2H3,(H2,22,27)(H,28,29). The van der Waals surface area contributed by atoms with E-state index < -0.39 is 23.4 Å². The van der Waals surface area contributed by atoms with E-state index >= 15 is 4.39 Å². The first-order valence-corrected chi connectivity index (χ1v) is 9.79. The van der Waals surface area contributed by atoms with Gasteiger partial charge in [0, 0.05) is 31.2 Å². The summed E-state index contributed by atoms with van der Waals surface area (Å²) in [6.45, 7) is 4.48. The molecular weight excluding hydrogens is 395 g/mol. The number of pyridine rings is 1. The van der Waals surface area contributed by atoms with Crippen molar-refractivity contribution in [3.63, 3.8) is 0 Å². The van der Waals surface area contributed by atoms with E-state index in [2.05, 4.69) is 4.74 Å². The second kappa shape index (κ2) is 7.19. The van der Waals surface area contributed by atoms with Gasteiger partial charge in [-0.3, -0.25) is 4.79 Å². The Labute approximate surface area is 171 Å². The molecule has 1 saturated carbocycles. The van der Waals surface area contributed by atoms with E-state index in [1.165, 1.54) is 6.20 Å². The van der Waals surface area contributed by atoms with Crippen molar-refractivity contribution in [2.45, 2.75) is 44.8 Å². The number of nitrogens with two attached hydrogens (primary N) is 1. The number of urea groups is 1. The zero-order valence-electron chi connectivity index (χ0n) is 16.7. The maximum atomic E-state index is 15.1. The van der Waals surface area contributed by atoms with Crippen LogP contribution in [0, 0.1) is 5.82 Å². The molecule has 9 nitrogen and oxygen atoms in total. The minimum Gasteiger partial charge on any atom is -0.449 e. The Kier molecular flexibility index (Phi) is 4.79. The van der Waals surface area contributed by atoms with Gasteiger partial charge in [0.2, 0.25) is 5.43 Å². The van der Waals surface area contributed by atoms with Crippen LogP contribution in [-0.4, -0.2) is 51.9 Å². The SMILES string of the molecule is CC1CN(c2cc3c(cc2F)c(=O)c(OC(=O)O)cn3C2CC2)CC(C)N1C(N)=O. The molecule has 2 amide bonds. The zero-order chi connectivity index (χ0) is 21.7. The number of benzene rings is 1. The fourth-order valence-corrected chi connectivity index (χ4v) is 4.35. The summed E-state index contributed by atoms with van der Waals surface area (Å²) in [5.74, 6) is -0.937. The number of anilines is 1. The van der Waals surface area contributed by atoms with Gasteiger partial charge < -0.3 is 29.9 Å². The molecule has 30 heavy (non-hydrogen) atoms.